The molecule has 2 heterocycles. The van der Waals surface area contributed by atoms with Gasteiger partial charge in [0.2, 0.25) is 10.0 Å². The number of rotatable bonds is 6. The van der Waals surface area contributed by atoms with Crippen LogP contribution in [0.2, 0.25) is 0 Å². The molecule has 0 aliphatic carbocycles. The van der Waals surface area contributed by atoms with Crippen LogP contribution in [0.1, 0.15) is 27.0 Å². The number of nitrogens with zero attached hydrogens (tertiary/aromatic N) is 1. The van der Waals surface area contributed by atoms with Crippen molar-refractivity contribution in [3.63, 3.8) is 0 Å². The van der Waals surface area contributed by atoms with Gasteiger partial charge in [0.15, 0.2) is 0 Å². The fourth-order valence-corrected chi connectivity index (χ4v) is 5.77. The molecule has 33 heavy (non-hydrogen) atoms. The number of sulfonamides is 1. The molecule has 0 saturated carbocycles. The predicted octanol–water partition coefficient (Wildman–Crippen LogP) is 3.49. The minimum absolute atomic E-state index is 0.164. The Morgan fingerprint density at radius 1 is 1.15 bits per heavy atom. The topological polar surface area (TPSA) is 102 Å². The number of benzene rings is 2. The molecule has 174 valence electrons. The standard InChI is InChI=1S/C22H21FN2O6S2/c1-2-31-22(27)20-12-14-11-15(3-6-19(14)32-20)24-21(26)17-13-16(4-5-18(17)23)33(28,29)25-7-9-30-10-8-25/h3-6,11-13H,2,7-10H2,1H3,(H,24,26). The van der Waals surface area contributed by atoms with E-state index in [1.165, 1.54) is 15.6 Å². The van der Waals surface area contributed by atoms with Crippen LogP contribution in [0.25, 0.3) is 10.1 Å². The number of ether oxygens (including phenoxy) is 2. The Morgan fingerprint density at radius 3 is 2.64 bits per heavy atom. The van der Waals surface area contributed by atoms with Gasteiger partial charge in [0.25, 0.3) is 5.91 Å². The van der Waals surface area contributed by atoms with Gasteiger partial charge in [-0.1, -0.05) is 0 Å². The first-order valence-corrected chi connectivity index (χ1v) is 12.4. The molecule has 1 amide bonds. The quantitative estimate of drug-likeness (QED) is 0.529. The molecular formula is C22H21FN2O6S2. The molecule has 1 aliphatic heterocycles. The van der Waals surface area contributed by atoms with Crippen LogP contribution in [0.4, 0.5) is 10.1 Å². The lowest BCUT2D eigenvalue weighted by molar-refractivity contribution is 0.0532. The van der Waals surface area contributed by atoms with Crippen LogP contribution < -0.4 is 5.32 Å². The van der Waals surface area contributed by atoms with Crippen LogP contribution >= 0.6 is 11.3 Å². The van der Waals surface area contributed by atoms with Crippen molar-refractivity contribution in [2.75, 3.05) is 38.2 Å². The Kier molecular flexibility index (Phi) is 6.75. The largest absolute Gasteiger partial charge is 0.462 e. The SMILES string of the molecule is CCOC(=O)c1cc2cc(NC(=O)c3cc(S(=O)(=O)N4CCOCC4)ccc3F)ccc2s1. The van der Waals surface area contributed by atoms with Crippen molar-refractivity contribution in [1.29, 1.82) is 0 Å². The van der Waals surface area contributed by atoms with Crippen LogP contribution in [0, 0.1) is 5.82 Å². The third-order valence-corrected chi connectivity index (χ3v) is 8.03. The van der Waals surface area contributed by atoms with Crippen molar-refractivity contribution in [3.8, 4) is 0 Å². The fraction of sp³-hybridized carbons (Fsp3) is 0.273. The van der Waals surface area contributed by atoms with Gasteiger partial charge in [0.1, 0.15) is 10.7 Å². The molecule has 3 aromatic rings. The van der Waals surface area contributed by atoms with E-state index in [9.17, 15) is 22.4 Å². The summed E-state index contributed by atoms with van der Waals surface area (Å²) in [4.78, 5) is 25.0. The maximum absolute atomic E-state index is 14.4. The normalized spacial score (nSPS) is 14.8. The van der Waals surface area contributed by atoms with E-state index >= 15 is 0 Å². The van der Waals surface area contributed by atoms with E-state index in [1.807, 2.05) is 0 Å². The number of morpholine rings is 1. The van der Waals surface area contributed by atoms with Gasteiger partial charge < -0.3 is 14.8 Å². The van der Waals surface area contributed by atoms with Crippen LogP contribution in [0.5, 0.6) is 0 Å². The monoisotopic (exact) mass is 492 g/mol. The van der Waals surface area contributed by atoms with E-state index in [2.05, 4.69) is 5.32 Å². The molecular weight excluding hydrogens is 471 g/mol. The molecule has 1 aliphatic rings. The van der Waals surface area contributed by atoms with Gasteiger partial charge >= 0.3 is 5.97 Å². The Morgan fingerprint density at radius 2 is 1.91 bits per heavy atom. The molecule has 1 aromatic heterocycles. The highest BCUT2D eigenvalue weighted by Crippen LogP contribution is 2.29. The number of hydrogen-bond acceptors (Lipinski definition) is 7. The smallest absolute Gasteiger partial charge is 0.348 e. The molecule has 1 N–H and O–H groups in total. The first kappa shape index (κ1) is 23.3. The van der Waals surface area contributed by atoms with E-state index < -0.39 is 27.7 Å². The lowest BCUT2D eigenvalue weighted by atomic mass is 10.2. The molecule has 11 heteroatoms. The second kappa shape index (κ2) is 9.56. The van der Waals surface area contributed by atoms with Gasteiger partial charge in [0, 0.05) is 23.5 Å². The van der Waals surface area contributed by atoms with Crippen LogP contribution in [0.3, 0.4) is 0 Å². The number of halogens is 1. The minimum atomic E-state index is -3.88. The highest BCUT2D eigenvalue weighted by molar-refractivity contribution is 7.89. The predicted molar refractivity (Wildman–Crippen MR) is 122 cm³/mol. The second-order valence-electron chi connectivity index (χ2n) is 7.20. The fourth-order valence-electron chi connectivity index (χ4n) is 3.40. The van der Waals surface area contributed by atoms with E-state index in [1.54, 1.807) is 31.2 Å². The maximum Gasteiger partial charge on any atom is 0.348 e. The summed E-state index contributed by atoms with van der Waals surface area (Å²) in [6.07, 6.45) is 0. The molecule has 4 rings (SSSR count). The molecule has 0 radical (unpaired) electrons. The van der Waals surface area contributed by atoms with Crippen molar-refractivity contribution in [2.45, 2.75) is 11.8 Å². The van der Waals surface area contributed by atoms with Crippen molar-refractivity contribution < 1.29 is 31.9 Å². The summed E-state index contributed by atoms with van der Waals surface area (Å²) < 4.78 is 52.4. The highest BCUT2D eigenvalue weighted by Gasteiger charge is 2.28. The minimum Gasteiger partial charge on any atom is -0.462 e. The number of amides is 1. The van der Waals surface area contributed by atoms with Crippen LogP contribution in [0.15, 0.2) is 47.4 Å². The number of carbonyl (C=O) groups is 2. The van der Waals surface area contributed by atoms with Gasteiger partial charge in [-0.2, -0.15) is 4.31 Å². The van der Waals surface area contributed by atoms with E-state index in [4.69, 9.17) is 9.47 Å². The summed E-state index contributed by atoms with van der Waals surface area (Å²) in [5, 5.41) is 3.31. The molecule has 1 fully saturated rings. The maximum atomic E-state index is 14.4. The summed E-state index contributed by atoms with van der Waals surface area (Å²) >= 11 is 1.26. The number of nitrogens with one attached hydrogen (secondary N) is 1. The van der Waals surface area contributed by atoms with Gasteiger partial charge in [-0.15, -0.1) is 11.3 Å². The van der Waals surface area contributed by atoms with Crippen molar-refractivity contribution >= 4 is 49.0 Å². The Hall–Kier alpha value is -2.86. The average Bonchev–Trinajstić information content (AvgIpc) is 3.23. The Labute approximate surface area is 194 Å². The second-order valence-corrected chi connectivity index (χ2v) is 10.2. The van der Waals surface area contributed by atoms with Gasteiger partial charge in [-0.05, 0) is 54.8 Å². The molecule has 0 unspecified atom stereocenters. The van der Waals surface area contributed by atoms with Crippen LogP contribution in [-0.4, -0.2) is 57.5 Å². The number of fused-ring (bicyclic) bond motifs is 1. The van der Waals surface area contributed by atoms with E-state index in [0.29, 0.717) is 16.0 Å². The summed E-state index contributed by atoms with van der Waals surface area (Å²) in [6, 6.07) is 9.81. The zero-order valence-electron chi connectivity index (χ0n) is 17.7. The first-order valence-electron chi connectivity index (χ1n) is 10.2. The van der Waals surface area contributed by atoms with Crippen molar-refractivity contribution in [3.05, 3.63) is 58.7 Å². The zero-order valence-corrected chi connectivity index (χ0v) is 19.3. The highest BCUT2D eigenvalue weighted by atomic mass is 32.2. The first-order chi connectivity index (χ1) is 15.8. The molecule has 0 atom stereocenters. The molecule has 8 nitrogen and oxygen atoms in total. The number of carbonyl (C=O) groups excluding carboxylic acids is 2. The molecule has 0 spiro atoms. The number of esters is 1. The Balaban J connectivity index is 1.57. The van der Waals surface area contributed by atoms with Gasteiger partial charge in [0.05, 0.1) is 30.3 Å². The summed E-state index contributed by atoms with van der Waals surface area (Å²) in [6.45, 7) is 2.91. The average molecular weight is 493 g/mol. The lowest BCUT2D eigenvalue weighted by Gasteiger charge is -2.26. The number of anilines is 1. The summed E-state index contributed by atoms with van der Waals surface area (Å²) in [7, 11) is -3.88. The zero-order chi connectivity index (χ0) is 23.6. The lowest BCUT2D eigenvalue weighted by Crippen LogP contribution is -2.40. The van der Waals surface area contributed by atoms with Crippen molar-refractivity contribution in [2.24, 2.45) is 0 Å². The summed E-state index contributed by atoms with van der Waals surface area (Å²) in [5.74, 6) is -2.05. The van der Waals surface area contributed by atoms with E-state index in [0.717, 1.165) is 22.9 Å². The van der Waals surface area contributed by atoms with Gasteiger partial charge in [-0.25, -0.2) is 17.6 Å². The Bertz CT molecular complexity index is 1320. The van der Waals surface area contributed by atoms with Gasteiger partial charge in [-0.3, -0.25) is 4.79 Å². The third kappa shape index (κ3) is 4.91. The summed E-state index contributed by atoms with van der Waals surface area (Å²) in [5.41, 5.74) is -0.0106. The van der Waals surface area contributed by atoms with Crippen LogP contribution in [-0.2, 0) is 19.5 Å². The molecule has 1 saturated heterocycles. The molecule has 0 bridgehead atoms. The third-order valence-electron chi connectivity index (χ3n) is 5.04. The van der Waals surface area contributed by atoms with Crippen molar-refractivity contribution in [1.82, 2.24) is 4.31 Å². The van der Waals surface area contributed by atoms with E-state index in [-0.39, 0.29) is 43.4 Å². The molecule has 2 aromatic carbocycles. The number of thiophene rings is 1. The number of hydrogen-bond donors (Lipinski definition) is 1.